The zero-order valence-corrected chi connectivity index (χ0v) is 19.6. The summed E-state index contributed by atoms with van der Waals surface area (Å²) < 4.78 is 2.01. The van der Waals surface area contributed by atoms with Gasteiger partial charge in [0, 0.05) is 31.6 Å². The Balaban J connectivity index is 1.59. The van der Waals surface area contributed by atoms with Gasteiger partial charge in [0.05, 0.1) is 17.5 Å². The number of amides is 2. The highest BCUT2D eigenvalue weighted by molar-refractivity contribution is 6.31. The van der Waals surface area contributed by atoms with Gasteiger partial charge in [0.1, 0.15) is 12.4 Å². The zero-order valence-electron chi connectivity index (χ0n) is 18.8. The molecule has 0 bridgehead atoms. The van der Waals surface area contributed by atoms with Crippen LogP contribution in [0.15, 0.2) is 48.5 Å². The fraction of sp³-hybridized carbons (Fsp3) is 0.400. The number of nitrogens with zero attached hydrogens (tertiary/aromatic N) is 3. The SMILES string of the molecule is CCCCN(C)C(=O)Cn1c(CCCNC(=O)Cc2ccccc2Cl)nc2ccccc21. The van der Waals surface area contributed by atoms with Crippen LogP contribution in [0.2, 0.25) is 5.02 Å². The maximum atomic E-state index is 12.7. The largest absolute Gasteiger partial charge is 0.356 e. The van der Waals surface area contributed by atoms with Crippen molar-refractivity contribution in [3.63, 3.8) is 0 Å². The normalized spacial score (nSPS) is 11.0. The Morgan fingerprint density at radius 3 is 2.62 bits per heavy atom. The highest BCUT2D eigenvalue weighted by atomic mass is 35.5. The predicted molar refractivity (Wildman–Crippen MR) is 129 cm³/mol. The smallest absolute Gasteiger partial charge is 0.242 e. The minimum Gasteiger partial charge on any atom is -0.356 e. The Kier molecular flexibility index (Phi) is 8.68. The van der Waals surface area contributed by atoms with Crippen molar-refractivity contribution in [2.24, 2.45) is 0 Å². The molecular formula is C25H31ClN4O2. The lowest BCUT2D eigenvalue weighted by Gasteiger charge is -2.18. The van der Waals surface area contributed by atoms with Crippen LogP contribution in [0.1, 0.15) is 37.6 Å². The summed E-state index contributed by atoms with van der Waals surface area (Å²) in [6, 6.07) is 15.2. The molecule has 1 heterocycles. The third-order valence-corrected chi connectivity index (χ3v) is 5.88. The third-order valence-electron chi connectivity index (χ3n) is 5.51. The number of benzene rings is 2. The van der Waals surface area contributed by atoms with Gasteiger partial charge in [-0.3, -0.25) is 9.59 Å². The Bertz CT molecular complexity index is 1060. The van der Waals surface area contributed by atoms with Crippen molar-refractivity contribution in [2.45, 2.75) is 45.6 Å². The molecule has 0 radical (unpaired) electrons. The fourth-order valence-electron chi connectivity index (χ4n) is 3.62. The van der Waals surface area contributed by atoms with Crippen LogP contribution in [0.4, 0.5) is 0 Å². The molecule has 0 fully saturated rings. The second kappa shape index (κ2) is 11.7. The number of hydrogen-bond donors (Lipinski definition) is 1. The minimum absolute atomic E-state index is 0.0562. The lowest BCUT2D eigenvalue weighted by atomic mass is 10.1. The highest BCUT2D eigenvalue weighted by Crippen LogP contribution is 2.18. The summed E-state index contributed by atoms with van der Waals surface area (Å²) in [5.74, 6) is 0.888. The summed E-state index contributed by atoms with van der Waals surface area (Å²) in [5, 5.41) is 3.56. The van der Waals surface area contributed by atoms with Crippen molar-refractivity contribution in [2.75, 3.05) is 20.1 Å². The first-order valence-electron chi connectivity index (χ1n) is 11.2. The van der Waals surface area contributed by atoms with Crippen molar-refractivity contribution in [1.82, 2.24) is 19.8 Å². The molecule has 0 unspecified atom stereocenters. The monoisotopic (exact) mass is 454 g/mol. The molecule has 6 nitrogen and oxygen atoms in total. The van der Waals surface area contributed by atoms with Crippen LogP contribution in [0, 0.1) is 0 Å². The summed E-state index contributed by atoms with van der Waals surface area (Å²) in [4.78, 5) is 31.5. The molecule has 3 aromatic rings. The number of para-hydroxylation sites is 2. The molecule has 2 aromatic carbocycles. The second-order valence-corrected chi connectivity index (χ2v) is 8.40. The standard InChI is InChI=1S/C25H31ClN4O2/c1-3-4-16-29(2)25(32)18-30-22-13-8-7-12-21(22)28-23(30)14-9-15-27-24(31)17-19-10-5-6-11-20(19)26/h5-8,10-13H,3-4,9,14-18H2,1-2H3,(H,27,31). The fourth-order valence-corrected chi connectivity index (χ4v) is 3.82. The molecule has 0 aliphatic heterocycles. The minimum atomic E-state index is -0.0562. The van der Waals surface area contributed by atoms with Gasteiger partial charge in [0.15, 0.2) is 0 Å². The number of aromatic nitrogens is 2. The zero-order chi connectivity index (χ0) is 22.9. The van der Waals surface area contributed by atoms with Gasteiger partial charge in [0.25, 0.3) is 0 Å². The molecule has 0 aliphatic rings. The Morgan fingerprint density at radius 2 is 1.84 bits per heavy atom. The van der Waals surface area contributed by atoms with Gasteiger partial charge in [-0.1, -0.05) is 55.3 Å². The number of carbonyl (C=O) groups is 2. The van der Waals surface area contributed by atoms with Crippen molar-refractivity contribution in [3.05, 3.63) is 64.9 Å². The van der Waals surface area contributed by atoms with Gasteiger partial charge in [-0.25, -0.2) is 4.98 Å². The van der Waals surface area contributed by atoms with Crippen molar-refractivity contribution < 1.29 is 9.59 Å². The number of nitrogens with one attached hydrogen (secondary N) is 1. The van der Waals surface area contributed by atoms with Gasteiger partial charge in [0.2, 0.25) is 11.8 Å². The van der Waals surface area contributed by atoms with E-state index in [0.717, 1.165) is 48.2 Å². The Morgan fingerprint density at radius 1 is 1.09 bits per heavy atom. The number of aryl methyl sites for hydroxylation is 1. The molecule has 170 valence electrons. The van der Waals surface area contributed by atoms with Crippen LogP contribution in [0.3, 0.4) is 0 Å². The summed E-state index contributed by atoms with van der Waals surface area (Å²) in [6.45, 7) is 3.69. The number of fused-ring (bicyclic) bond motifs is 1. The first-order valence-corrected chi connectivity index (χ1v) is 11.6. The topological polar surface area (TPSA) is 67.2 Å². The van der Waals surface area contributed by atoms with Gasteiger partial charge in [-0.05, 0) is 36.6 Å². The van der Waals surface area contributed by atoms with Gasteiger partial charge >= 0.3 is 0 Å². The number of unbranched alkanes of at least 4 members (excludes halogenated alkanes) is 1. The molecule has 7 heteroatoms. The first-order chi connectivity index (χ1) is 15.5. The summed E-state index contributed by atoms with van der Waals surface area (Å²) in [7, 11) is 1.85. The van der Waals surface area contributed by atoms with Gasteiger partial charge < -0.3 is 14.8 Å². The molecule has 0 atom stereocenters. The van der Waals surface area contributed by atoms with Crippen LogP contribution in [0.5, 0.6) is 0 Å². The first kappa shape index (κ1) is 23.8. The highest BCUT2D eigenvalue weighted by Gasteiger charge is 2.16. The van der Waals surface area contributed by atoms with E-state index in [9.17, 15) is 9.59 Å². The van der Waals surface area contributed by atoms with E-state index in [-0.39, 0.29) is 24.8 Å². The number of likely N-dealkylation sites (N-methyl/N-ethyl adjacent to an activating group) is 1. The molecule has 0 aliphatic carbocycles. The van der Waals surface area contributed by atoms with Crippen LogP contribution in [0.25, 0.3) is 11.0 Å². The van der Waals surface area contributed by atoms with E-state index in [0.29, 0.717) is 18.0 Å². The Labute approximate surface area is 194 Å². The molecule has 2 amide bonds. The third kappa shape index (κ3) is 6.33. The van der Waals surface area contributed by atoms with Crippen molar-refractivity contribution in [1.29, 1.82) is 0 Å². The van der Waals surface area contributed by atoms with E-state index in [1.54, 1.807) is 11.0 Å². The van der Waals surface area contributed by atoms with Gasteiger partial charge in [-0.2, -0.15) is 0 Å². The van der Waals surface area contributed by atoms with Crippen LogP contribution in [-0.2, 0) is 29.0 Å². The number of halogens is 1. The summed E-state index contributed by atoms with van der Waals surface area (Å²) >= 11 is 6.14. The van der Waals surface area contributed by atoms with E-state index in [2.05, 4.69) is 12.2 Å². The van der Waals surface area contributed by atoms with Crippen LogP contribution >= 0.6 is 11.6 Å². The molecule has 0 saturated carbocycles. The van der Waals surface area contributed by atoms with E-state index in [4.69, 9.17) is 16.6 Å². The molecule has 1 aromatic heterocycles. The molecule has 0 saturated heterocycles. The predicted octanol–water partition coefficient (Wildman–Crippen LogP) is 4.24. The maximum absolute atomic E-state index is 12.7. The average molecular weight is 455 g/mol. The second-order valence-electron chi connectivity index (χ2n) is 7.99. The average Bonchev–Trinajstić information content (AvgIpc) is 3.13. The summed E-state index contributed by atoms with van der Waals surface area (Å²) in [6.07, 6.45) is 3.72. The number of rotatable bonds is 11. The van der Waals surface area contributed by atoms with Crippen molar-refractivity contribution >= 4 is 34.4 Å². The Hall–Kier alpha value is -2.86. The van der Waals surface area contributed by atoms with E-state index >= 15 is 0 Å². The van der Waals surface area contributed by atoms with Crippen LogP contribution in [-0.4, -0.2) is 46.4 Å². The summed E-state index contributed by atoms with van der Waals surface area (Å²) in [5.41, 5.74) is 2.66. The lowest BCUT2D eigenvalue weighted by molar-refractivity contribution is -0.130. The lowest BCUT2D eigenvalue weighted by Crippen LogP contribution is -2.31. The van der Waals surface area contributed by atoms with E-state index in [1.165, 1.54) is 0 Å². The molecule has 32 heavy (non-hydrogen) atoms. The quantitative estimate of drug-likeness (QED) is 0.440. The van der Waals surface area contributed by atoms with Crippen LogP contribution < -0.4 is 5.32 Å². The molecule has 1 N–H and O–H groups in total. The number of hydrogen-bond acceptors (Lipinski definition) is 3. The molecule has 0 spiro atoms. The molecule has 3 rings (SSSR count). The number of carbonyl (C=O) groups excluding carboxylic acids is 2. The van der Waals surface area contributed by atoms with E-state index in [1.807, 2.05) is 54.1 Å². The van der Waals surface area contributed by atoms with Crippen molar-refractivity contribution in [3.8, 4) is 0 Å². The van der Waals surface area contributed by atoms with E-state index < -0.39 is 0 Å². The molecular weight excluding hydrogens is 424 g/mol. The maximum Gasteiger partial charge on any atom is 0.242 e. The number of imidazole rings is 1. The van der Waals surface area contributed by atoms with Gasteiger partial charge in [-0.15, -0.1) is 0 Å².